The van der Waals surface area contributed by atoms with E-state index >= 15 is 0 Å². The summed E-state index contributed by atoms with van der Waals surface area (Å²) in [4.78, 5) is 10.6. The summed E-state index contributed by atoms with van der Waals surface area (Å²) in [7, 11) is 1.71. The fourth-order valence-electron chi connectivity index (χ4n) is 0.791. The van der Waals surface area contributed by atoms with E-state index in [0.29, 0.717) is 10.7 Å². The van der Waals surface area contributed by atoms with Gasteiger partial charge >= 0.3 is 0 Å². The third kappa shape index (κ3) is 0.998. The van der Waals surface area contributed by atoms with Gasteiger partial charge in [0.2, 0.25) is 0 Å². The maximum absolute atomic E-state index is 10.6. The van der Waals surface area contributed by atoms with Crippen molar-refractivity contribution in [2.75, 3.05) is 0 Å². The molecule has 0 unspecified atom stereocenters. The average Bonchev–Trinajstić information content (AvgIpc) is 2.11. The van der Waals surface area contributed by atoms with Crippen LogP contribution in [-0.2, 0) is 7.05 Å². The van der Waals surface area contributed by atoms with Crippen LogP contribution >= 0.6 is 11.6 Å². The van der Waals surface area contributed by atoms with E-state index < -0.39 is 5.91 Å². The lowest BCUT2D eigenvalue weighted by Crippen LogP contribution is -2.15. The highest BCUT2D eigenvalue weighted by Gasteiger charge is 2.08. The van der Waals surface area contributed by atoms with Crippen LogP contribution < -0.4 is 5.73 Å². The molecule has 0 saturated heterocycles. The number of nitrogens with two attached hydrogens (primary N) is 1. The molecule has 54 valence electrons. The van der Waals surface area contributed by atoms with Crippen LogP contribution in [0.15, 0.2) is 12.3 Å². The van der Waals surface area contributed by atoms with Crippen molar-refractivity contribution in [2.45, 2.75) is 0 Å². The highest BCUT2D eigenvalue weighted by Crippen LogP contribution is 2.14. The molecule has 10 heavy (non-hydrogen) atoms. The summed E-state index contributed by atoms with van der Waals surface area (Å²) in [5.41, 5.74) is 5.36. The largest absolute Gasteiger partial charge is 0.364 e. The number of nitrogens with zero attached hydrogens (tertiary/aromatic N) is 1. The highest BCUT2D eigenvalue weighted by atomic mass is 35.5. The Bertz CT molecular complexity index is 247. The Balaban J connectivity index is 3.23. The summed E-state index contributed by atoms with van der Waals surface area (Å²) in [6, 6.07) is 1.63. The fourth-order valence-corrected chi connectivity index (χ4v) is 1.07. The summed E-state index contributed by atoms with van der Waals surface area (Å²) < 4.78 is 1.59. The predicted molar refractivity (Wildman–Crippen MR) is 38.9 cm³/mol. The zero-order chi connectivity index (χ0) is 7.72. The number of aryl methyl sites for hydroxylation is 1. The van der Waals surface area contributed by atoms with Crippen LogP contribution in [0.1, 0.15) is 10.5 Å². The molecule has 0 spiro atoms. The Morgan fingerprint density at radius 2 is 2.40 bits per heavy atom. The van der Waals surface area contributed by atoms with Gasteiger partial charge in [-0.25, -0.2) is 0 Å². The minimum Gasteiger partial charge on any atom is -0.364 e. The normalized spacial score (nSPS) is 9.80. The molecular weight excluding hydrogens is 152 g/mol. The van der Waals surface area contributed by atoms with E-state index in [1.54, 1.807) is 23.9 Å². The van der Waals surface area contributed by atoms with Crippen LogP contribution in [0, 0.1) is 0 Å². The Hall–Kier alpha value is -0.960. The topological polar surface area (TPSA) is 48.0 Å². The van der Waals surface area contributed by atoms with E-state index in [-0.39, 0.29) is 0 Å². The number of carbonyl (C=O) groups is 1. The van der Waals surface area contributed by atoms with Crippen molar-refractivity contribution in [1.82, 2.24) is 4.57 Å². The van der Waals surface area contributed by atoms with Gasteiger partial charge in [0.05, 0.1) is 5.02 Å². The second kappa shape index (κ2) is 2.34. The number of halogens is 1. The number of primary amides is 1. The molecule has 0 saturated carbocycles. The molecule has 2 N–H and O–H groups in total. The molecule has 4 heteroatoms. The van der Waals surface area contributed by atoms with E-state index in [1.165, 1.54) is 0 Å². The van der Waals surface area contributed by atoms with Crippen LogP contribution in [0.3, 0.4) is 0 Å². The van der Waals surface area contributed by atoms with Crippen LogP contribution in [0.2, 0.25) is 5.02 Å². The standard InChI is InChI=1S/C6H7ClN2O/c1-9-3-2-4(7)5(9)6(8)10/h2-3H,1H3,(H2,8,10). The van der Waals surface area contributed by atoms with Crippen molar-refractivity contribution in [1.29, 1.82) is 0 Å². The molecular formula is C6H7ClN2O. The zero-order valence-corrected chi connectivity index (χ0v) is 6.22. The maximum atomic E-state index is 10.6. The van der Waals surface area contributed by atoms with E-state index in [9.17, 15) is 4.79 Å². The molecule has 0 radical (unpaired) electrons. The zero-order valence-electron chi connectivity index (χ0n) is 5.47. The molecule has 0 atom stereocenters. The van der Waals surface area contributed by atoms with Gasteiger partial charge in [-0.1, -0.05) is 11.6 Å². The molecule has 0 aliphatic carbocycles. The summed E-state index contributed by atoms with van der Waals surface area (Å²) in [5.74, 6) is -0.502. The van der Waals surface area contributed by atoms with Crippen LogP contribution in [0.25, 0.3) is 0 Å². The third-order valence-electron chi connectivity index (χ3n) is 1.26. The number of carbonyl (C=O) groups excluding carboxylic acids is 1. The van der Waals surface area contributed by atoms with Gasteiger partial charge in [0.1, 0.15) is 5.69 Å². The second-order valence-electron chi connectivity index (χ2n) is 1.99. The van der Waals surface area contributed by atoms with E-state index in [2.05, 4.69) is 0 Å². The van der Waals surface area contributed by atoms with Crippen molar-refractivity contribution < 1.29 is 4.79 Å². The van der Waals surface area contributed by atoms with Gasteiger partial charge in [0.15, 0.2) is 0 Å². The van der Waals surface area contributed by atoms with Crippen molar-refractivity contribution in [3.63, 3.8) is 0 Å². The van der Waals surface area contributed by atoms with Gasteiger partial charge in [0.25, 0.3) is 5.91 Å². The molecule has 1 aromatic rings. The molecule has 0 bridgehead atoms. The monoisotopic (exact) mass is 158 g/mol. The molecule has 0 aromatic carbocycles. The first-order valence-electron chi connectivity index (χ1n) is 2.73. The Kier molecular flexibility index (Phi) is 1.68. The molecule has 1 aromatic heterocycles. The molecule has 3 nitrogen and oxygen atoms in total. The molecule has 1 rings (SSSR count). The first-order chi connectivity index (χ1) is 4.63. The lowest BCUT2D eigenvalue weighted by Gasteiger charge is -1.96. The van der Waals surface area contributed by atoms with E-state index in [4.69, 9.17) is 17.3 Å². The summed E-state index contributed by atoms with van der Waals surface area (Å²) >= 11 is 5.62. The highest BCUT2D eigenvalue weighted by molar-refractivity contribution is 6.33. The maximum Gasteiger partial charge on any atom is 0.266 e. The number of amides is 1. The van der Waals surface area contributed by atoms with Gasteiger partial charge in [0, 0.05) is 13.2 Å². The van der Waals surface area contributed by atoms with Gasteiger partial charge in [-0.2, -0.15) is 0 Å². The molecule has 0 aliphatic heterocycles. The SMILES string of the molecule is Cn1ccc(Cl)c1C(N)=O. The van der Waals surface area contributed by atoms with Gasteiger partial charge in [-0.15, -0.1) is 0 Å². The Labute approximate surface area is 63.4 Å². The smallest absolute Gasteiger partial charge is 0.266 e. The van der Waals surface area contributed by atoms with Crippen molar-refractivity contribution >= 4 is 17.5 Å². The Morgan fingerprint density at radius 3 is 2.60 bits per heavy atom. The van der Waals surface area contributed by atoms with E-state index in [1.807, 2.05) is 0 Å². The predicted octanol–water partition coefficient (Wildman–Crippen LogP) is 0.777. The first-order valence-corrected chi connectivity index (χ1v) is 3.11. The van der Waals surface area contributed by atoms with Gasteiger partial charge < -0.3 is 10.3 Å². The number of rotatable bonds is 1. The van der Waals surface area contributed by atoms with Crippen LogP contribution in [0.5, 0.6) is 0 Å². The molecule has 0 fully saturated rings. The summed E-state index contributed by atoms with van der Waals surface area (Å²) in [5, 5.41) is 0.398. The molecule has 1 amide bonds. The number of aromatic nitrogens is 1. The van der Waals surface area contributed by atoms with Crippen LogP contribution in [0.4, 0.5) is 0 Å². The Morgan fingerprint density at radius 1 is 1.80 bits per heavy atom. The minimum absolute atomic E-state index is 0.349. The molecule has 1 heterocycles. The second-order valence-corrected chi connectivity index (χ2v) is 2.39. The number of hydrogen-bond acceptors (Lipinski definition) is 1. The number of hydrogen-bond donors (Lipinski definition) is 1. The quantitative estimate of drug-likeness (QED) is 0.645. The lowest BCUT2D eigenvalue weighted by atomic mass is 10.4. The van der Waals surface area contributed by atoms with Crippen LogP contribution in [-0.4, -0.2) is 10.5 Å². The fraction of sp³-hybridized carbons (Fsp3) is 0.167. The van der Waals surface area contributed by atoms with E-state index in [0.717, 1.165) is 0 Å². The third-order valence-corrected chi connectivity index (χ3v) is 1.56. The minimum atomic E-state index is -0.502. The first kappa shape index (κ1) is 7.15. The average molecular weight is 159 g/mol. The van der Waals surface area contributed by atoms with Gasteiger partial charge in [-0.05, 0) is 6.07 Å². The van der Waals surface area contributed by atoms with Gasteiger partial charge in [-0.3, -0.25) is 4.79 Å². The molecule has 0 aliphatic rings. The summed E-state index contributed by atoms with van der Waals surface area (Å²) in [6.07, 6.45) is 1.68. The van der Waals surface area contributed by atoms with Crippen molar-refractivity contribution in [3.05, 3.63) is 23.0 Å². The van der Waals surface area contributed by atoms with Crippen molar-refractivity contribution in [2.24, 2.45) is 12.8 Å². The van der Waals surface area contributed by atoms with Crippen molar-refractivity contribution in [3.8, 4) is 0 Å². The lowest BCUT2D eigenvalue weighted by molar-refractivity contribution is 0.0993. The summed E-state index contributed by atoms with van der Waals surface area (Å²) in [6.45, 7) is 0.